The number of nitrogens with one attached hydrogen (secondary N) is 1. The lowest BCUT2D eigenvalue weighted by molar-refractivity contribution is -0.122. The molecule has 19 heavy (non-hydrogen) atoms. The van der Waals surface area contributed by atoms with Crippen molar-refractivity contribution in [3.63, 3.8) is 0 Å². The first-order valence-corrected chi connectivity index (χ1v) is 5.87. The number of carboxylic acid groups (broad SMARTS) is 1. The minimum absolute atomic E-state index is 0.0338. The molecule has 1 aromatic rings. The lowest BCUT2D eigenvalue weighted by atomic mass is 10.2. The Morgan fingerprint density at radius 1 is 1.47 bits per heavy atom. The topological polar surface area (TPSA) is 106 Å². The molecule has 1 amide bonds. The molecule has 0 aliphatic rings. The summed E-state index contributed by atoms with van der Waals surface area (Å²) in [6.45, 7) is 4.47. The summed E-state index contributed by atoms with van der Waals surface area (Å²) in [5.74, 6) is -1.10. The van der Waals surface area contributed by atoms with Gasteiger partial charge in [0, 0.05) is 13.7 Å². The maximum absolute atomic E-state index is 11.7. The molecule has 0 aliphatic heterocycles. The van der Waals surface area contributed by atoms with Crippen molar-refractivity contribution in [2.75, 3.05) is 13.7 Å². The zero-order chi connectivity index (χ0) is 14.4. The van der Waals surface area contributed by atoms with Crippen molar-refractivity contribution in [3.05, 3.63) is 11.4 Å². The number of amides is 1. The average molecular weight is 270 g/mol. The third-order valence-corrected chi connectivity index (χ3v) is 2.32. The highest BCUT2D eigenvalue weighted by atomic mass is 16.5. The summed E-state index contributed by atoms with van der Waals surface area (Å²) in [6, 6.07) is 0. The van der Waals surface area contributed by atoms with Gasteiger partial charge in [0.05, 0.1) is 12.3 Å². The second kappa shape index (κ2) is 6.83. The summed E-state index contributed by atoms with van der Waals surface area (Å²) < 4.78 is 6.14. The number of rotatable bonds is 7. The van der Waals surface area contributed by atoms with Gasteiger partial charge < -0.3 is 15.2 Å². The Balaban J connectivity index is 2.77. The zero-order valence-corrected chi connectivity index (χ0v) is 11.2. The molecule has 0 unspecified atom stereocenters. The van der Waals surface area contributed by atoms with Crippen molar-refractivity contribution in [2.24, 2.45) is 5.92 Å². The Bertz CT molecular complexity index is 456. The van der Waals surface area contributed by atoms with Crippen LogP contribution >= 0.6 is 0 Å². The molecule has 0 spiro atoms. The van der Waals surface area contributed by atoms with Gasteiger partial charge >= 0.3 is 5.97 Å². The predicted octanol–water partition coefficient (Wildman–Crippen LogP) is -0.105. The first kappa shape index (κ1) is 15.1. The monoisotopic (exact) mass is 270 g/mol. The summed E-state index contributed by atoms with van der Waals surface area (Å²) in [5.41, 5.74) is 0.0770. The van der Waals surface area contributed by atoms with Gasteiger partial charge in [-0.2, -0.15) is 0 Å². The largest absolute Gasteiger partial charge is 0.476 e. The van der Waals surface area contributed by atoms with E-state index in [0.29, 0.717) is 12.5 Å². The van der Waals surface area contributed by atoms with Crippen LogP contribution in [0.2, 0.25) is 0 Å². The molecule has 0 fully saturated rings. The number of ether oxygens (including phenoxy) is 1. The van der Waals surface area contributed by atoms with Crippen LogP contribution in [0.1, 0.15) is 30.0 Å². The summed E-state index contributed by atoms with van der Waals surface area (Å²) in [7, 11) is 1.43. The molecule has 0 radical (unpaired) electrons. The molecular weight excluding hydrogens is 252 g/mol. The number of aromatic carboxylic acids is 1. The Kier molecular flexibility index (Phi) is 5.43. The van der Waals surface area contributed by atoms with Crippen LogP contribution in [-0.2, 0) is 22.7 Å². The number of carbonyl (C=O) groups excluding carboxylic acids is 1. The van der Waals surface area contributed by atoms with E-state index in [4.69, 9.17) is 9.84 Å². The van der Waals surface area contributed by atoms with Crippen molar-refractivity contribution in [1.82, 2.24) is 20.3 Å². The molecule has 8 heteroatoms. The van der Waals surface area contributed by atoms with Crippen molar-refractivity contribution in [3.8, 4) is 0 Å². The van der Waals surface area contributed by atoms with Crippen LogP contribution < -0.4 is 5.32 Å². The second-order valence-corrected chi connectivity index (χ2v) is 4.48. The van der Waals surface area contributed by atoms with Gasteiger partial charge in [-0.15, -0.1) is 5.10 Å². The van der Waals surface area contributed by atoms with Crippen LogP contribution in [0.4, 0.5) is 0 Å². The number of nitrogens with zero attached hydrogens (tertiary/aromatic N) is 3. The van der Waals surface area contributed by atoms with Crippen LogP contribution in [0.15, 0.2) is 0 Å². The molecule has 8 nitrogen and oxygen atoms in total. The first-order valence-electron chi connectivity index (χ1n) is 5.87. The van der Waals surface area contributed by atoms with Crippen LogP contribution in [0, 0.1) is 5.92 Å². The van der Waals surface area contributed by atoms with Gasteiger partial charge in [-0.3, -0.25) is 4.79 Å². The van der Waals surface area contributed by atoms with E-state index in [1.807, 2.05) is 13.8 Å². The van der Waals surface area contributed by atoms with E-state index in [-0.39, 0.29) is 30.4 Å². The smallest absolute Gasteiger partial charge is 0.358 e. The molecule has 2 N–H and O–H groups in total. The van der Waals surface area contributed by atoms with E-state index in [0.717, 1.165) is 0 Å². The molecule has 1 rings (SSSR count). The van der Waals surface area contributed by atoms with Crippen LogP contribution in [0.25, 0.3) is 0 Å². The number of carboxylic acids is 1. The third-order valence-electron chi connectivity index (χ3n) is 2.32. The first-order chi connectivity index (χ1) is 8.95. The van der Waals surface area contributed by atoms with Crippen molar-refractivity contribution < 1.29 is 19.4 Å². The van der Waals surface area contributed by atoms with Crippen molar-refractivity contribution >= 4 is 11.9 Å². The fourth-order valence-electron chi connectivity index (χ4n) is 1.42. The highest BCUT2D eigenvalue weighted by molar-refractivity contribution is 5.86. The van der Waals surface area contributed by atoms with Crippen LogP contribution in [-0.4, -0.2) is 45.6 Å². The number of aromatic nitrogens is 3. The van der Waals surface area contributed by atoms with Gasteiger partial charge in [0.2, 0.25) is 5.91 Å². The maximum atomic E-state index is 11.7. The van der Waals surface area contributed by atoms with Gasteiger partial charge in [-0.05, 0) is 5.92 Å². The maximum Gasteiger partial charge on any atom is 0.358 e. The summed E-state index contributed by atoms with van der Waals surface area (Å²) in [4.78, 5) is 22.6. The predicted molar refractivity (Wildman–Crippen MR) is 65.5 cm³/mol. The fourth-order valence-corrected chi connectivity index (χ4v) is 1.42. The molecule has 1 aromatic heterocycles. The molecule has 0 aromatic carbocycles. The Morgan fingerprint density at radius 2 is 2.16 bits per heavy atom. The zero-order valence-electron chi connectivity index (χ0n) is 11.2. The van der Waals surface area contributed by atoms with Gasteiger partial charge in [0.25, 0.3) is 0 Å². The van der Waals surface area contributed by atoms with Crippen LogP contribution in [0.3, 0.4) is 0 Å². The Morgan fingerprint density at radius 3 is 2.68 bits per heavy atom. The quantitative estimate of drug-likeness (QED) is 0.716. The van der Waals surface area contributed by atoms with E-state index in [2.05, 4.69) is 15.6 Å². The highest BCUT2D eigenvalue weighted by Crippen LogP contribution is 2.07. The fraction of sp³-hybridized carbons (Fsp3) is 0.636. The second-order valence-electron chi connectivity index (χ2n) is 4.48. The molecule has 0 saturated heterocycles. The van der Waals surface area contributed by atoms with E-state index >= 15 is 0 Å². The molecular formula is C11H18N4O4. The van der Waals surface area contributed by atoms with Gasteiger partial charge in [-0.25, -0.2) is 9.48 Å². The van der Waals surface area contributed by atoms with Gasteiger partial charge in [0.15, 0.2) is 5.69 Å². The average Bonchev–Trinajstić information content (AvgIpc) is 2.70. The normalized spacial score (nSPS) is 10.7. The van der Waals surface area contributed by atoms with E-state index in [1.165, 1.54) is 11.8 Å². The number of hydrogen-bond donors (Lipinski definition) is 2. The standard InChI is InChI=1S/C11H18N4O4/c1-7(2)4-12-9(16)5-15-8(6-19-3)10(11(17)18)13-14-15/h7H,4-6H2,1-3H3,(H,12,16)(H,17,18). The van der Waals surface area contributed by atoms with Crippen molar-refractivity contribution in [2.45, 2.75) is 27.0 Å². The Hall–Kier alpha value is -1.96. The minimum Gasteiger partial charge on any atom is -0.476 e. The SMILES string of the molecule is COCc1c(C(=O)O)nnn1CC(=O)NCC(C)C. The van der Waals surface area contributed by atoms with E-state index in [9.17, 15) is 9.59 Å². The minimum atomic E-state index is -1.19. The molecule has 106 valence electrons. The summed E-state index contributed by atoms with van der Waals surface area (Å²) >= 11 is 0. The Labute approximate surface area is 110 Å². The van der Waals surface area contributed by atoms with Gasteiger partial charge in [0.1, 0.15) is 6.54 Å². The third kappa shape index (κ3) is 4.32. The van der Waals surface area contributed by atoms with Crippen molar-refractivity contribution in [1.29, 1.82) is 0 Å². The molecule has 1 heterocycles. The molecule has 0 bridgehead atoms. The number of carbonyl (C=O) groups is 2. The summed E-state index contributed by atoms with van der Waals surface area (Å²) in [6.07, 6.45) is 0. The summed E-state index contributed by atoms with van der Waals surface area (Å²) in [5, 5.41) is 18.9. The number of hydrogen-bond acceptors (Lipinski definition) is 5. The lowest BCUT2D eigenvalue weighted by Crippen LogP contribution is -2.31. The molecule has 0 saturated carbocycles. The lowest BCUT2D eigenvalue weighted by Gasteiger charge is -2.09. The van der Waals surface area contributed by atoms with Crippen LogP contribution in [0.5, 0.6) is 0 Å². The van der Waals surface area contributed by atoms with E-state index in [1.54, 1.807) is 0 Å². The molecule has 0 aliphatic carbocycles. The highest BCUT2D eigenvalue weighted by Gasteiger charge is 2.20. The molecule has 0 atom stereocenters. The van der Waals surface area contributed by atoms with E-state index < -0.39 is 5.97 Å². The van der Waals surface area contributed by atoms with Gasteiger partial charge in [-0.1, -0.05) is 19.1 Å². The number of methoxy groups -OCH3 is 1.